The Bertz CT molecular complexity index is 769. The molecule has 110 valence electrons. The van der Waals surface area contributed by atoms with Crippen molar-refractivity contribution in [1.29, 1.82) is 0 Å². The molecule has 2 heterocycles. The van der Waals surface area contributed by atoms with Crippen molar-refractivity contribution in [1.82, 2.24) is 4.57 Å². The molecule has 8 heteroatoms. The average molecular weight is 292 g/mol. The molecule has 0 bridgehead atoms. The van der Waals surface area contributed by atoms with Gasteiger partial charge in [0.2, 0.25) is 0 Å². The van der Waals surface area contributed by atoms with Crippen LogP contribution in [-0.4, -0.2) is 28.5 Å². The largest absolute Gasteiger partial charge is 0.420 e. The number of non-ortho nitro benzene ring substituents is 1. The van der Waals surface area contributed by atoms with Gasteiger partial charge in [0.1, 0.15) is 0 Å². The Balaban J connectivity index is 1.98. The van der Waals surface area contributed by atoms with Gasteiger partial charge in [-0.3, -0.25) is 19.5 Å². The maximum Gasteiger partial charge on any atom is 0.420 e. The van der Waals surface area contributed by atoms with E-state index < -0.39 is 10.7 Å². The van der Waals surface area contributed by atoms with E-state index in [1.807, 2.05) is 0 Å². The van der Waals surface area contributed by atoms with Crippen molar-refractivity contribution < 1.29 is 18.9 Å². The minimum absolute atomic E-state index is 0.135. The van der Waals surface area contributed by atoms with Crippen molar-refractivity contribution in [3.8, 4) is 0 Å². The highest BCUT2D eigenvalue weighted by Gasteiger charge is 2.25. The highest BCUT2D eigenvalue weighted by atomic mass is 16.6. The minimum Gasteiger partial charge on any atom is -0.408 e. The molecule has 1 unspecified atom stereocenters. The second-order valence-corrected chi connectivity index (χ2v) is 4.89. The summed E-state index contributed by atoms with van der Waals surface area (Å²) in [5, 5.41) is 10.8. The molecule has 0 amide bonds. The van der Waals surface area contributed by atoms with E-state index in [-0.39, 0.29) is 35.0 Å². The number of carbonyl (C=O) groups is 1. The summed E-state index contributed by atoms with van der Waals surface area (Å²) in [5.41, 5.74) is 0.316. The number of oxazole rings is 1. The Kier molecular flexibility index (Phi) is 3.30. The molecule has 1 aliphatic rings. The van der Waals surface area contributed by atoms with Gasteiger partial charge in [-0.2, -0.15) is 0 Å². The standard InChI is InChI=1S/C13H12N2O6/c16-11(8-3-4-20-7-8)6-14-10-5-9(15(18)19)1-2-12(10)21-13(14)17/h1-2,5,8H,3-4,6-7H2. The Hall–Kier alpha value is -2.48. The number of aromatic nitrogens is 1. The van der Waals surface area contributed by atoms with Crippen LogP contribution in [0.3, 0.4) is 0 Å². The van der Waals surface area contributed by atoms with Gasteiger partial charge in [0, 0.05) is 24.7 Å². The third-order valence-corrected chi connectivity index (χ3v) is 3.56. The number of nitro benzene ring substituents is 1. The Labute approximate surface area is 118 Å². The summed E-state index contributed by atoms with van der Waals surface area (Å²) in [6.45, 7) is 0.716. The van der Waals surface area contributed by atoms with Crippen LogP contribution in [0.4, 0.5) is 5.69 Å². The first-order valence-corrected chi connectivity index (χ1v) is 6.44. The van der Waals surface area contributed by atoms with Crippen molar-refractivity contribution in [3.05, 3.63) is 38.9 Å². The van der Waals surface area contributed by atoms with Crippen LogP contribution in [0.2, 0.25) is 0 Å². The van der Waals surface area contributed by atoms with Gasteiger partial charge in [0.25, 0.3) is 5.69 Å². The molecule has 1 aliphatic heterocycles. The molecule has 0 saturated carbocycles. The highest BCUT2D eigenvalue weighted by molar-refractivity contribution is 5.83. The average Bonchev–Trinajstić information content (AvgIpc) is 3.07. The van der Waals surface area contributed by atoms with Gasteiger partial charge in [-0.25, -0.2) is 4.79 Å². The van der Waals surface area contributed by atoms with Crippen LogP contribution in [0.1, 0.15) is 6.42 Å². The molecule has 0 radical (unpaired) electrons. The van der Waals surface area contributed by atoms with Crippen molar-refractivity contribution in [2.75, 3.05) is 13.2 Å². The van der Waals surface area contributed by atoms with Crippen LogP contribution < -0.4 is 5.76 Å². The molecule has 1 atom stereocenters. The van der Waals surface area contributed by atoms with Gasteiger partial charge >= 0.3 is 5.76 Å². The maximum atomic E-state index is 12.1. The van der Waals surface area contributed by atoms with Gasteiger partial charge in [0.05, 0.1) is 23.6 Å². The molecule has 3 rings (SSSR count). The van der Waals surface area contributed by atoms with E-state index in [1.165, 1.54) is 18.2 Å². The smallest absolute Gasteiger partial charge is 0.408 e. The van der Waals surface area contributed by atoms with Crippen LogP contribution in [-0.2, 0) is 16.1 Å². The van der Waals surface area contributed by atoms with Gasteiger partial charge in [0.15, 0.2) is 11.4 Å². The van der Waals surface area contributed by atoms with E-state index in [0.29, 0.717) is 19.6 Å². The van der Waals surface area contributed by atoms with E-state index >= 15 is 0 Å². The summed E-state index contributed by atoms with van der Waals surface area (Å²) >= 11 is 0. The van der Waals surface area contributed by atoms with E-state index in [9.17, 15) is 19.7 Å². The first-order chi connectivity index (χ1) is 10.1. The molecule has 0 aliphatic carbocycles. The normalized spacial score (nSPS) is 18.2. The zero-order valence-electron chi connectivity index (χ0n) is 11.0. The van der Waals surface area contributed by atoms with Gasteiger partial charge in [-0.05, 0) is 12.5 Å². The molecule has 2 aromatic rings. The topological polar surface area (TPSA) is 105 Å². The molecular weight excluding hydrogens is 280 g/mol. The second kappa shape index (κ2) is 5.13. The zero-order valence-corrected chi connectivity index (χ0v) is 11.0. The fourth-order valence-corrected chi connectivity index (χ4v) is 2.39. The minimum atomic E-state index is -0.697. The van der Waals surface area contributed by atoms with E-state index in [2.05, 4.69) is 0 Å². The predicted octanol–water partition coefficient (Wildman–Crippen LogP) is 1.11. The summed E-state index contributed by atoms with van der Waals surface area (Å²) in [7, 11) is 0. The number of nitrogens with zero attached hydrogens (tertiary/aromatic N) is 2. The number of nitro groups is 1. The zero-order chi connectivity index (χ0) is 15.0. The lowest BCUT2D eigenvalue weighted by Gasteiger charge is -2.06. The number of ether oxygens (including phenoxy) is 1. The van der Waals surface area contributed by atoms with Gasteiger partial charge < -0.3 is 9.15 Å². The van der Waals surface area contributed by atoms with Crippen LogP contribution >= 0.6 is 0 Å². The third-order valence-electron chi connectivity index (χ3n) is 3.56. The highest BCUT2D eigenvalue weighted by Crippen LogP contribution is 2.21. The summed E-state index contributed by atoms with van der Waals surface area (Å²) < 4.78 is 11.3. The van der Waals surface area contributed by atoms with Crippen molar-refractivity contribution in [3.63, 3.8) is 0 Å². The summed E-state index contributed by atoms with van der Waals surface area (Å²) in [6, 6.07) is 3.84. The number of ketones is 1. The lowest BCUT2D eigenvalue weighted by molar-refractivity contribution is -0.384. The lowest BCUT2D eigenvalue weighted by Crippen LogP contribution is -2.25. The van der Waals surface area contributed by atoms with E-state index in [1.54, 1.807) is 0 Å². The van der Waals surface area contributed by atoms with E-state index in [4.69, 9.17) is 9.15 Å². The Morgan fingerprint density at radius 3 is 2.95 bits per heavy atom. The molecule has 1 aromatic heterocycles. The first-order valence-electron chi connectivity index (χ1n) is 6.44. The Morgan fingerprint density at radius 1 is 1.48 bits per heavy atom. The fourth-order valence-electron chi connectivity index (χ4n) is 2.39. The molecule has 21 heavy (non-hydrogen) atoms. The number of hydrogen-bond donors (Lipinski definition) is 0. The molecule has 0 N–H and O–H groups in total. The fraction of sp³-hybridized carbons (Fsp3) is 0.385. The number of carbonyl (C=O) groups excluding carboxylic acids is 1. The van der Waals surface area contributed by atoms with Crippen LogP contribution in [0.15, 0.2) is 27.4 Å². The summed E-state index contributed by atoms with van der Waals surface area (Å²) in [4.78, 5) is 34.2. The summed E-state index contributed by atoms with van der Waals surface area (Å²) in [6.07, 6.45) is 0.628. The number of fused-ring (bicyclic) bond motifs is 1. The van der Waals surface area contributed by atoms with Crippen molar-refractivity contribution in [2.24, 2.45) is 5.92 Å². The van der Waals surface area contributed by atoms with Gasteiger partial charge in [-0.1, -0.05) is 0 Å². The van der Waals surface area contributed by atoms with Crippen LogP contribution in [0.5, 0.6) is 0 Å². The SMILES string of the molecule is O=C(Cn1c(=O)oc2ccc([N+](=O)[O-])cc21)C1CCOC1. The third kappa shape index (κ3) is 2.45. The predicted molar refractivity (Wildman–Crippen MR) is 71.1 cm³/mol. The first kappa shape index (κ1) is 13.5. The molecule has 8 nitrogen and oxygen atoms in total. The summed E-state index contributed by atoms with van der Waals surface area (Å²) in [5.74, 6) is -1.07. The molecular formula is C13H12N2O6. The maximum absolute atomic E-state index is 12.1. The van der Waals surface area contributed by atoms with Gasteiger partial charge in [-0.15, -0.1) is 0 Å². The molecule has 1 saturated heterocycles. The number of hydrogen-bond acceptors (Lipinski definition) is 6. The monoisotopic (exact) mass is 292 g/mol. The lowest BCUT2D eigenvalue weighted by atomic mass is 10.0. The molecule has 1 fully saturated rings. The molecule has 0 spiro atoms. The Morgan fingerprint density at radius 2 is 2.29 bits per heavy atom. The number of benzene rings is 1. The number of rotatable bonds is 4. The molecule has 1 aromatic carbocycles. The van der Waals surface area contributed by atoms with E-state index in [0.717, 1.165) is 4.57 Å². The van der Waals surface area contributed by atoms with Crippen LogP contribution in [0.25, 0.3) is 11.1 Å². The quantitative estimate of drug-likeness (QED) is 0.617. The van der Waals surface area contributed by atoms with Crippen LogP contribution in [0, 0.1) is 16.0 Å². The number of Topliss-reactive ketones (excluding diaryl/α,β-unsaturated/α-hetero) is 1. The van der Waals surface area contributed by atoms with Crippen molar-refractivity contribution >= 4 is 22.6 Å². The second-order valence-electron chi connectivity index (χ2n) is 4.89. The van der Waals surface area contributed by atoms with Crippen molar-refractivity contribution in [2.45, 2.75) is 13.0 Å².